The monoisotopic (exact) mass is 531 g/mol. The fraction of sp³-hybridized carbons (Fsp3) is 0.774. The van der Waals surface area contributed by atoms with E-state index in [2.05, 4.69) is 13.8 Å². The third-order valence-electron chi connectivity index (χ3n) is 11.1. The first-order valence-corrected chi connectivity index (χ1v) is 15.2. The highest BCUT2D eigenvalue weighted by Gasteiger charge is 2.62. The lowest BCUT2D eigenvalue weighted by Gasteiger charge is -2.62. The van der Waals surface area contributed by atoms with E-state index in [0.29, 0.717) is 27.7 Å². The number of ether oxygens (including phenoxy) is 1. The molecule has 6 heteroatoms. The predicted molar refractivity (Wildman–Crippen MR) is 154 cm³/mol. The summed E-state index contributed by atoms with van der Waals surface area (Å²) in [6.45, 7) is 9.97. The molecule has 1 aromatic rings. The third-order valence-corrected chi connectivity index (χ3v) is 11.3. The Morgan fingerprint density at radius 3 is 2.57 bits per heavy atom. The van der Waals surface area contributed by atoms with E-state index in [4.69, 9.17) is 27.9 Å². The van der Waals surface area contributed by atoms with Crippen LogP contribution in [-0.4, -0.2) is 26.0 Å². The average Bonchev–Trinajstić information content (AvgIpc) is 3.23. The van der Waals surface area contributed by atoms with Gasteiger partial charge in [-0.25, -0.2) is 5.84 Å². The summed E-state index contributed by atoms with van der Waals surface area (Å²) in [5.41, 5.74) is 7.73. The van der Waals surface area contributed by atoms with Gasteiger partial charge in [0.05, 0.1) is 24.5 Å². The van der Waals surface area contributed by atoms with Gasteiger partial charge in [-0.2, -0.15) is 0 Å². The van der Waals surface area contributed by atoms with Gasteiger partial charge in [0.1, 0.15) is 0 Å². The summed E-state index contributed by atoms with van der Waals surface area (Å²) in [4.78, 5) is 13.6. The summed E-state index contributed by atoms with van der Waals surface area (Å²) in [5, 5.41) is 2.08. The van der Waals surface area contributed by atoms with Crippen molar-refractivity contribution in [2.75, 3.05) is 31.0 Å². The minimum atomic E-state index is 0.0771. The summed E-state index contributed by atoms with van der Waals surface area (Å²) in [5.74, 6) is 10.5. The van der Waals surface area contributed by atoms with Crippen LogP contribution in [0.15, 0.2) is 18.2 Å². The van der Waals surface area contributed by atoms with E-state index in [1.54, 1.807) is 18.2 Å². The predicted octanol–water partition coefficient (Wildman–Crippen LogP) is 7.12. The smallest absolute Gasteiger partial charge is 0.157 e. The number of nitrogens with zero attached hydrogens (tertiary/aromatic N) is 1. The van der Waals surface area contributed by atoms with Crippen LogP contribution in [0, 0.1) is 46.3 Å². The Morgan fingerprint density at radius 1 is 1.11 bits per heavy atom. The highest BCUT2D eigenvalue weighted by atomic mass is 35.5. The van der Waals surface area contributed by atoms with E-state index >= 15 is 0 Å². The first kappa shape index (κ1) is 28.7. The van der Waals surface area contributed by atoms with Crippen LogP contribution in [0.25, 0.3) is 0 Å². The van der Waals surface area contributed by atoms with Gasteiger partial charge in [-0.1, -0.05) is 45.7 Å². The van der Waals surface area contributed by atoms with E-state index < -0.39 is 0 Å². The van der Waals surface area contributed by atoms with Crippen molar-refractivity contribution in [3.05, 3.63) is 23.2 Å². The van der Waals surface area contributed by atoms with Gasteiger partial charge in [-0.3, -0.25) is 4.79 Å². The first-order chi connectivity index (χ1) is 17.7. The van der Waals surface area contributed by atoms with E-state index in [9.17, 15) is 4.79 Å². The van der Waals surface area contributed by atoms with Crippen LogP contribution >= 0.6 is 11.6 Å². The molecule has 4 aliphatic rings. The van der Waals surface area contributed by atoms with Crippen LogP contribution in [0.3, 0.4) is 0 Å². The number of methoxy groups -OCH3 is 1. The fourth-order valence-electron chi connectivity index (χ4n) is 9.49. The Balaban J connectivity index is 0.00000156. The van der Waals surface area contributed by atoms with Crippen molar-refractivity contribution in [1.29, 1.82) is 0 Å². The molecular weight excluding hydrogens is 482 g/mol. The third kappa shape index (κ3) is 5.05. The van der Waals surface area contributed by atoms with E-state index in [0.717, 1.165) is 43.1 Å². The Kier molecular flexibility index (Phi) is 8.87. The molecule has 1 aromatic carbocycles. The second-order valence-corrected chi connectivity index (χ2v) is 13.1. The molecule has 208 valence electrons. The van der Waals surface area contributed by atoms with Crippen LogP contribution in [0.2, 0.25) is 5.02 Å². The molecule has 0 spiro atoms. The van der Waals surface area contributed by atoms with Crippen LogP contribution in [0.4, 0.5) is 11.4 Å². The number of anilines is 2. The maximum absolute atomic E-state index is 13.6. The first-order valence-electron chi connectivity index (χ1n) is 14.8. The van der Waals surface area contributed by atoms with E-state index in [1.807, 2.05) is 21.0 Å². The molecule has 8 atom stereocenters. The van der Waals surface area contributed by atoms with Crippen LogP contribution in [-0.2, 0) is 9.53 Å². The van der Waals surface area contributed by atoms with E-state index in [1.165, 1.54) is 50.0 Å². The SMILES string of the molecule is CC.COCC12CCC(C)CC1CCC1C2CCC2(C)C1CC[C@@H]2C(=O)CN(N)c1ccc(Cl)cc1N. The molecule has 0 aliphatic heterocycles. The number of nitrogen functional groups attached to an aromatic ring is 1. The second-order valence-electron chi connectivity index (χ2n) is 12.7. The maximum atomic E-state index is 13.6. The molecule has 4 fully saturated rings. The van der Waals surface area contributed by atoms with Crippen molar-refractivity contribution in [3.63, 3.8) is 0 Å². The van der Waals surface area contributed by atoms with Crippen molar-refractivity contribution < 1.29 is 9.53 Å². The summed E-state index contributed by atoms with van der Waals surface area (Å²) in [6, 6.07) is 5.26. The number of nitrogens with two attached hydrogens (primary N) is 2. The number of carbonyl (C=O) groups is 1. The number of hydrogen-bond donors (Lipinski definition) is 2. The number of hydrogen-bond acceptors (Lipinski definition) is 5. The van der Waals surface area contributed by atoms with Gasteiger partial charge in [-0.05, 0) is 110 Å². The van der Waals surface area contributed by atoms with Gasteiger partial charge in [0.2, 0.25) is 0 Å². The number of hydrazine groups is 1. The van der Waals surface area contributed by atoms with Crippen molar-refractivity contribution >= 4 is 28.8 Å². The van der Waals surface area contributed by atoms with E-state index in [-0.39, 0.29) is 23.7 Å². The lowest BCUT2D eigenvalue weighted by molar-refractivity contribution is -0.154. The zero-order valence-corrected chi connectivity index (χ0v) is 24.5. The van der Waals surface area contributed by atoms with Gasteiger partial charge in [-0.15, -0.1) is 0 Å². The zero-order chi connectivity index (χ0) is 27.0. The molecule has 5 rings (SSSR count). The number of fused-ring (bicyclic) bond motifs is 5. The molecule has 0 heterocycles. The summed E-state index contributed by atoms with van der Waals surface area (Å²) in [7, 11) is 1.90. The van der Waals surface area contributed by atoms with Gasteiger partial charge in [0, 0.05) is 18.1 Å². The number of halogens is 1. The Hall–Kier alpha value is -1.30. The molecule has 7 unspecified atom stereocenters. The van der Waals surface area contributed by atoms with Crippen LogP contribution in [0.1, 0.15) is 85.5 Å². The van der Waals surface area contributed by atoms with Crippen LogP contribution < -0.4 is 16.6 Å². The number of Topliss-reactive ketones (excluding diaryl/α,β-unsaturated/α-hetero) is 1. The largest absolute Gasteiger partial charge is 0.397 e. The number of carbonyl (C=O) groups excluding carboxylic acids is 1. The van der Waals surface area contributed by atoms with Gasteiger partial charge in [0.15, 0.2) is 5.78 Å². The van der Waals surface area contributed by atoms with Gasteiger partial charge >= 0.3 is 0 Å². The molecule has 0 saturated heterocycles. The fourth-order valence-corrected chi connectivity index (χ4v) is 9.67. The topological polar surface area (TPSA) is 81.6 Å². The number of benzene rings is 1. The van der Waals surface area contributed by atoms with Gasteiger partial charge in [0.25, 0.3) is 0 Å². The molecule has 4 aliphatic carbocycles. The molecule has 5 nitrogen and oxygen atoms in total. The van der Waals surface area contributed by atoms with Crippen molar-refractivity contribution in [1.82, 2.24) is 0 Å². The van der Waals surface area contributed by atoms with Crippen molar-refractivity contribution in [2.24, 2.45) is 52.2 Å². The van der Waals surface area contributed by atoms with Crippen LogP contribution in [0.5, 0.6) is 0 Å². The molecule has 0 radical (unpaired) electrons. The highest BCUT2D eigenvalue weighted by molar-refractivity contribution is 6.31. The minimum Gasteiger partial charge on any atom is -0.397 e. The maximum Gasteiger partial charge on any atom is 0.157 e. The molecular formula is C31H50ClN3O2. The van der Waals surface area contributed by atoms with Crippen molar-refractivity contribution in [2.45, 2.75) is 85.5 Å². The Morgan fingerprint density at radius 2 is 1.86 bits per heavy atom. The normalized spacial score (nSPS) is 38.5. The number of rotatable bonds is 6. The standard InChI is InChI=1S/C29H44ClN3O2.C2H6/c1-18-10-13-29(17-35-3)19(14-18)4-6-21-22-7-8-24(28(22,2)12-11-23(21)29)27(34)16-33(32)26-9-5-20(30)15-25(26)31;1-2/h5,9,15,18-19,21-24H,4,6-8,10-14,16-17,31-32H2,1-3H3;1-2H3/t18?,19?,21?,22?,23?,24-,28?,29?;/m1./s1. The minimum absolute atomic E-state index is 0.0771. The Labute approximate surface area is 230 Å². The highest BCUT2D eigenvalue weighted by Crippen LogP contribution is 2.68. The summed E-state index contributed by atoms with van der Waals surface area (Å²) >= 11 is 6.05. The molecule has 37 heavy (non-hydrogen) atoms. The number of ketones is 1. The lowest BCUT2D eigenvalue weighted by atomic mass is 9.44. The van der Waals surface area contributed by atoms with Gasteiger partial charge < -0.3 is 15.5 Å². The molecule has 4 saturated carbocycles. The van der Waals surface area contributed by atoms with Crippen molar-refractivity contribution in [3.8, 4) is 0 Å². The zero-order valence-electron chi connectivity index (χ0n) is 23.8. The summed E-state index contributed by atoms with van der Waals surface area (Å²) < 4.78 is 5.93. The second kappa shape index (κ2) is 11.4. The molecule has 0 aromatic heterocycles. The lowest BCUT2D eigenvalue weighted by Crippen LogP contribution is -2.56. The Bertz CT molecular complexity index is 956. The quantitative estimate of drug-likeness (QED) is 0.232. The molecule has 0 bridgehead atoms. The average molecular weight is 532 g/mol. The summed E-state index contributed by atoms with van der Waals surface area (Å²) in [6.07, 6.45) is 11.3. The molecule has 4 N–H and O–H groups in total. The molecule has 0 amide bonds.